The molecule has 2 saturated heterocycles. The number of nitrogens with one attached hydrogen (secondary N) is 1. The fraction of sp³-hybridized carbons (Fsp3) is 0.517. The van der Waals surface area contributed by atoms with Crippen LogP contribution in [-0.2, 0) is 32.2 Å². The van der Waals surface area contributed by atoms with Gasteiger partial charge in [0.1, 0.15) is 11.5 Å². The van der Waals surface area contributed by atoms with E-state index in [1.165, 1.54) is 0 Å². The molecule has 3 aliphatic heterocycles. The Morgan fingerprint density at radius 1 is 0.947 bits per heavy atom. The van der Waals surface area contributed by atoms with Crippen molar-refractivity contribution in [3.8, 4) is 11.5 Å². The Morgan fingerprint density at radius 3 is 2.45 bits per heavy atom. The lowest BCUT2D eigenvalue weighted by atomic mass is 10.1. The molecule has 2 atom stereocenters. The maximum Gasteiger partial charge on any atom is 0.236 e. The van der Waals surface area contributed by atoms with Gasteiger partial charge in [0.15, 0.2) is 0 Å². The van der Waals surface area contributed by atoms with Crippen molar-refractivity contribution >= 4 is 11.8 Å². The molecule has 2 aromatic carbocycles. The van der Waals surface area contributed by atoms with Gasteiger partial charge in [-0.2, -0.15) is 0 Å². The first-order valence-corrected chi connectivity index (χ1v) is 13.7. The molecular formula is C29H36N4O5. The van der Waals surface area contributed by atoms with E-state index < -0.39 is 0 Å². The fourth-order valence-corrected chi connectivity index (χ4v) is 5.56. The van der Waals surface area contributed by atoms with Crippen LogP contribution in [0.25, 0.3) is 0 Å². The standard InChI is InChI=1S/C29H36N4O5/c34-28-18-33(23-7-8-23)15-21-3-1-5-24(13-21)38-25-6-2-4-22(14-25)20-37-27-17-31(16-26(27)30-28)19-29(35)32-9-11-36-12-10-32/h1-6,13-14,23,26-27H,7-12,15-20H2,(H,30,34)/t26-,27-/m0/s1. The summed E-state index contributed by atoms with van der Waals surface area (Å²) < 4.78 is 17.9. The van der Waals surface area contributed by atoms with Crippen LogP contribution in [-0.4, -0.2) is 97.2 Å². The molecule has 0 unspecified atom stereocenters. The zero-order chi connectivity index (χ0) is 25.9. The van der Waals surface area contributed by atoms with E-state index in [4.69, 9.17) is 14.2 Å². The summed E-state index contributed by atoms with van der Waals surface area (Å²) in [5.74, 6) is 1.65. The van der Waals surface area contributed by atoms with E-state index in [9.17, 15) is 9.59 Å². The topological polar surface area (TPSA) is 83.6 Å². The van der Waals surface area contributed by atoms with Gasteiger partial charge in [0.25, 0.3) is 0 Å². The van der Waals surface area contributed by atoms with Gasteiger partial charge in [0.2, 0.25) is 11.8 Å². The first-order valence-electron chi connectivity index (χ1n) is 13.7. The molecule has 9 heteroatoms. The van der Waals surface area contributed by atoms with E-state index in [-0.39, 0.29) is 24.0 Å². The second-order valence-electron chi connectivity index (χ2n) is 10.7. The molecule has 1 N–H and O–H groups in total. The average molecular weight is 521 g/mol. The highest BCUT2D eigenvalue weighted by Crippen LogP contribution is 2.30. The lowest BCUT2D eigenvalue weighted by Crippen LogP contribution is -2.48. The smallest absolute Gasteiger partial charge is 0.236 e. The molecule has 1 aliphatic carbocycles. The third-order valence-electron chi connectivity index (χ3n) is 7.70. The van der Waals surface area contributed by atoms with E-state index in [2.05, 4.69) is 27.2 Å². The molecule has 0 aromatic heterocycles. The van der Waals surface area contributed by atoms with Crippen molar-refractivity contribution in [1.29, 1.82) is 0 Å². The van der Waals surface area contributed by atoms with Gasteiger partial charge in [0, 0.05) is 38.8 Å². The van der Waals surface area contributed by atoms with Crippen molar-refractivity contribution < 1.29 is 23.8 Å². The first kappa shape index (κ1) is 25.3. The van der Waals surface area contributed by atoms with Gasteiger partial charge in [0.05, 0.1) is 45.1 Å². The monoisotopic (exact) mass is 520 g/mol. The number of rotatable bonds is 3. The third-order valence-corrected chi connectivity index (χ3v) is 7.70. The van der Waals surface area contributed by atoms with Crippen LogP contribution in [0.4, 0.5) is 0 Å². The van der Waals surface area contributed by atoms with Gasteiger partial charge in [-0.3, -0.25) is 19.4 Å². The van der Waals surface area contributed by atoms with Crippen LogP contribution in [0.5, 0.6) is 11.5 Å². The molecule has 3 heterocycles. The lowest BCUT2D eigenvalue weighted by Gasteiger charge is -2.28. The number of fused-ring (bicyclic) bond motifs is 5. The van der Waals surface area contributed by atoms with E-state index in [0.717, 1.165) is 35.5 Å². The Bertz CT molecular complexity index is 1150. The van der Waals surface area contributed by atoms with E-state index in [0.29, 0.717) is 71.7 Å². The largest absolute Gasteiger partial charge is 0.457 e. The minimum Gasteiger partial charge on any atom is -0.457 e. The number of likely N-dealkylation sites (tertiary alicyclic amines) is 1. The molecule has 6 rings (SSSR count). The third kappa shape index (κ3) is 6.35. The summed E-state index contributed by atoms with van der Waals surface area (Å²) >= 11 is 0. The maximum atomic E-state index is 13.3. The first-order chi connectivity index (χ1) is 18.6. The number of benzene rings is 2. The van der Waals surface area contributed by atoms with E-state index in [1.54, 1.807) is 0 Å². The molecule has 0 spiro atoms. The number of amides is 2. The quantitative estimate of drug-likeness (QED) is 0.663. The van der Waals surface area contributed by atoms with E-state index >= 15 is 0 Å². The van der Waals surface area contributed by atoms with Gasteiger partial charge in [-0.05, 0) is 48.2 Å². The molecule has 9 nitrogen and oxygen atoms in total. The Kier molecular flexibility index (Phi) is 7.60. The summed E-state index contributed by atoms with van der Waals surface area (Å²) in [4.78, 5) is 32.4. The Labute approximate surface area is 223 Å². The van der Waals surface area contributed by atoms with Crippen molar-refractivity contribution in [1.82, 2.24) is 20.0 Å². The predicted octanol–water partition coefficient (Wildman–Crippen LogP) is 2.00. The molecule has 202 valence electrons. The van der Waals surface area contributed by atoms with Crippen LogP contribution in [0, 0.1) is 0 Å². The van der Waals surface area contributed by atoms with Crippen LogP contribution in [0.3, 0.4) is 0 Å². The number of carbonyl (C=O) groups excluding carboxylic acids is 2. The zero-order valence-electron chi connectivity index (χ0n) is 21.7. The molecule has 2 amide bonds. The number of morpholine rings is 1. The Hall–Kier alpha value is -2.98. The van der Waals surface area contributed by atoms with E-state index in [1.807, 2.05) is 41.3 Å². The van der Waals surface area contributed by atoms with Crippen molar-refractivity contribution in [3.63, 3.8) is 0 Å². The highest BCUT2D eigenvalue weighted by atomic mass is 16.5. The van der Waals surface area contributed by atoms with Gasteiger partial charge >= 0.3 is 0 Å². The lowest BCUT2D eigenvalue weighted by molar-refractivity contribution is -0.136. The number of hydrogen-bond acceptors (Lipinski definition) is 7. The highest BCUT2D eigenvalue weighted by Gasteiger charge is 2.37. The van der Waals surface area contributed by atoms with Gasteiger partial charge in [-0.25, -0.2) is 0 Å². The van der Waals surface area contributed by atoms with Crippen molar-refractivity contribution in [2.75, 3.05) is 52.5 Å². The molecule has 2 aromatic rings. The summed E-state index contributed by atoms with van der Waals surface area (Å²) in [6, 6.07) is 16.3. The molecule has 0 radical (unpaired) electrons. The molecule has 3 fully saturated rings. The molecule has 4 aliphatic rings. The summed E-state index contributed by atoms with van der Waals surface area (Å²) in [5.41, 5.74) is 2.12. The second kappa shape index (κ2) is 11.4. The Balaban J connectivity index is 1.20. The molecule has 1 saturated carbocycles. The summed E-state index contributed by atoms with van der Waals surface area (Å²) in [5, 5.41) is 3.25. The van der Waals surface area contributed by atoms with Crippen LogP contribution in [0.15, 0.2) is 48.5 Å². The van der Waals surface area contributed by atoms with Gasteiger partial charge in [-0.15, -0.1) is 0 Å². The average Bonchev–Trinajstić information content (AvgIpc) is 3.70. The second-order valence-corrected chi connectivity index (χ2v) is 10.7. The van der Waals surface area contributed by atoms with Crippen LogP contribution in [0.1, 0.15) is 24.0 Å². The van der Waals surface area contributed by atoms with Crippen LogP contribution >= 0.6 is 0 Å². The number of hydrogen-bond donors (Lipinski definition) is 1. The summed E-state index contributed by atoms with van der Waals surface area (Å²) in [7, 11) is 0. The van der Waals surface area contributed by atoms with Crippen molar-refractivity contribution in [2.45, 2.75) is 44.2 Å². The minimum atomic E-state index is -0.212. The Morgan fingerprint density at radius 2 is 1.68 bits per heavy atom. The number of carbonyl (C=O) groups is 2. The minimum absolute atomic E-state index is 0.00153. The number of ether oxygens (including phenoxy) is 3. The SMILES string of the molecule is O=C1CN(C2CC2)Cc2cccc(c2)Oc2cccc(c2)CO[C@H]2CN(CC(=O)N3CCOCC3)C[C@@H]2N1. The fourth-order valence-electron chi connectivity index (χ4n) is 5.56. The van der Waals surface area contributed by atoms with Gasteiger partial charge < -0.3 is 24.4 Å². The molecule has 38 heavy (non-hydrogen) atoms. The number of nitrogens with zero attached hydrogens (tertiary/aromatic N) is 3. The van der Waals surface area contributed by atoms with Gasteiger partial charge in [-0.1, -0.05) is 24.3 Å². The normalized spacial score (nSPS) is 25.4. The predicted molar refractivity (Wildman–Crippen MR) is 141 cm³/mol. The van der Waals surface area contributed by atoms with Crippen LogP contribution < -0.4 is 10.1 Å². The van der Waals surface area contributed by atoms with Crippen LogP contribution in [0.2, 0.25) is 0 Å². The zero-order valence-corrected chi connectivity index (χ0v) is 21.7. The maximum absolute atomic E-state index is 13.3. The molecular weight excluding hydrogens is 484 g/mol. The van der Waals surface area contributed by atoms with Crippen molar-refractivity contribution in [2.24, 2.45) is 0 Å². The molecule has 4 bridgehead atoms. The summed E-state index contributed by atoms with van der Waals surface area (Å²) in [6.45, 7) is 5.35. The van der Waals surface area contributed by atoms with Crippen molar-refractivity contribution in [3.05, 3.63) is 59.7 Å². The summed E-state index contributed by atoms with van der Waals surface area (Å²) in [6.07, 6.45) is 2.02. The highest BCUT2D eigenvalue weighted by molar-refractivity contribution is 5.79.